The molecule has 0 saturated carbocycles. The van der Waals surface area contributed by atoms with Crippen LogP contribution in [0.4, 0.5) is 0 Å². The van der Waals surface area contributed by atoms with Crippen molar-refractivity contribution in [2.24, 2.45) is 11.7 Å². The third-order valence-corrected chi connectivity index (χ3v) is 5.29. The highest BCUT2D eigenvalue weighted by atomic mass is 16.1. The number of pyridine rings is 1. The molecule has 2 aromatic heterocycles. The van der Waals surface area contributed by atoms with Gasteiger partial charge >= 0.3 is 0 Å². The van der Waals surface area contributed by atoms with Crippen molar-refractivity contribution in [3.8, 4) is 0 Å². The first kappa shape index (κ1) is 16.9. The average Bonchev–Trinajstić information content (AvgIpc) is 3.06. The molecule has 0 aliphatic carbocycles. The third-order valence-electron chi connectivity index (χ3n) is 5.29. The van der Waals surface area contributed by atoms with E-state index in [2.05, 4.69) is 34.1 Å². The summed E-state index contributed by atoms with van der Waals surface area (Å²) in [6.45, 7) is 5.20. The fourth-order valence-electron chi connectivity index (χ4n) is 3.97. The van der Waals surface area contributed by atoms with Crippen LogP contribution < -0.4 is 11.3 Å². The van der Waals surface area contributed by atoms with E-state index in [0.717, 1.165) is 24.3 Å². The Bertz CT molecular complexity index is 967. The van der Waals surface area contributed by atoms with Crippen molar-refractivity contribution >= 4 is 5.65 Å². The van der Waals surface area contributed by atoms with Gasteiger partial charge in [-0.05, 0) is 36.6 Å². The molecule has 134 valence electrons. The van der Waals surface area contributed by atoms with Gasteiger partial charge in [-0.3, -0.25) is 14.1 Å². The number of aryl methyl sites for hydroxylation is 1. The molecule has 0 unspecified atom stereocenters. The highest BCUT2D eigenvalue weighted by Gasteiger charge is 2.32. The monoisotopic (exact) mass is 348 g/mol. The molecule has 1 aromatic carbocycles. The van der Waals surface area contributed by atoms with Gasteiger partial charge in [-0.2, -0.15) is 0 Å². The maximum atomic E-state index is 12.4. The first-order valence-electron chi connectivity index (χ1n) is 9.10. The van der Waals surface area contributed by atoms with E-state index in [1.165, 1.54) is 5.56 Å². The summed E-state index contributed by atoms with van der Waals surface area (Å²) in [5, 5.41) is 0. The molecule has 5 nitrogen and oxygen atoms in total. The maximum absolute atomic E-state index is 12.4. The van der Waals surface area contributed by atoms with Crippen molar-refractivity contribution in [3.63, 3.8) is 0 Å². The second-order valence-corrected chi connectivity index (χ2v) is 7.23. The lowest BCUT2D eigenvalue weighted by atomic mass is 9.89. The van der Waals surface area contributed by atoms with Crippen LogP contribution in [-0.4, -0.2) is 33.9 Å². The molecule has 3 aromatic rings. The molecule has 3 heterocycles. The van der Waals surface area contributed by atoms with Gasteiger partial charge < -0.3 is 5.73 Å². The lowest BCUT2D eigenvalue weighted by Crippen LogP contribution is -2.25. The summed E-state index contributed by atoms with van der Waals surface area (Å²) < 4.78 is 1.61. The van der Waals surface area contributed by atoms with Crippen LogP contribution in [0.3, 0.4) is 0 Å². The zero-order valence-corrected chi connectivity index (χ0v) is 15.0. The van der Waals surface area contributed by atoms with Gasteiger partial charge in [-0.1, -0.05) is 36.4 Å². The van der Waals surface area contributed by atoms with E-state index in [0.29, 0.717) is 30.6 Å². The lowest BCUT2D eigenvalue weighted by Gasteiger charge is -2.16. The largest absolute Gasteiger partial charge is 0.330 e. The summed E-state index contributed by atoms with van der Waals surface area (Å²) in [5.41, 5.74) is 9.92. The minimum absolute atomic E-state index is 0.0251. The van der Waals surface area contributed by atoms with Gasteiger partial charge in [0.25, 0.3) is 5.56 Å². The normalized spacial score (nSPS) is 20.7. The molecular weight excluding hydrogens is 324 g/mol. The van der Waals surface area contributed by atoms with Crippen LogP contribution in [0, 0.1) is 12.8 Å². The maximum Gasteiger partial charge on any atom is 0.258 e. The smallest absolute Gasteiger partial charge is 0.258 e. The molecule has 1 aliphatic rings. The first-order valence-corrected chi connectivity index (χ1v) is 9.10. The van der Waals surface area contributed by atoms with Crippen molar-refractivity contribution in [3.05, 3.63) is 81.9 Å². The number of aromatic nitrogens is 2. The van der Waals surface area contributed by atoms with Crippen molar-refractivity contribution in [1.82, 2.24) is 14.3 Å². The average molecular weight is 348 g/mol. The zero-order chi connectivity index (χ0) is 18.1. The number of benzene rings is 1. The van der Waals surface area contributed by atoms with E-state index >= 15 is 0 Å². The Labute approximate surface area is 153 Å². The number of rotatable bonds is 4. The first-order chi connectivity index (χ1) is 12.6. The van der Waals surface area contributed by atoms with E-state index in [1.54, 1.807) is 10.5 Å². The summed E-state index contributed by atoms with van der Waals surface area (Å²) in [6.07, 6.45) is 1.83. The highest BCUT2D eigenvalue weighted by molar-refractivity contribution is 5.40. The van der Waals surface area contributed by atoms with E-state index in [4.69, 9.17) is 5.73 Å². The van der Waals surface area contributed by atoms with Gasteiger partial charge in [0.1, 0.15) is 5.65 Å². The number of nitrogens with zero attached hydrogens (tertiary/aromatic N) is 3. The lowest BCUT2D eigenvalue weighted by molar-refractivity contribution is 0.313. The van der Waals surface area contributed by atoms with Gasteiger partial charge in [0.2, 0.25) is 0 Å². The number of hydrogen-bond acceptors (Lipinski definition) is 4. The molecule has 26 heavy (non-hydrogen) atoms. The summed E-state index contributed by atoms with van der Waals surface area (Å²) >= 11 is 0. The second-order valence-electron chi connectivity index (χ2n) is 7.23. The fourth-order valence-corrected chi connectivity index (χ4v) is 3.97. The van der Waals surface area contributed by atoms with Crippen LogP contribution in [0.25, 0.3) is 5.65 Å². The number of likely N-dealkylation sites (tertiary alicyclic amines) is 1. The molecule has 1 saturated heterocycles. The Hall–Kier alpha value is -2.50. The van der Waals surface area contributed by atoms with Crippen LogP contribution in [0.5, 0.6) is 0 Å². The number of hydrogen-bond donors (Lipinski definition) is 1. The van der Waals surface area contributed by atoms with Gasteiger partial charge in [0.05, 0.1) is 5.69 Å². The van der Waals surface area contributed by atoms with Crippen LogP contribution in [0.15, 0.2) is 59.5 Å². The predicted octanol–water partition coefficient (Wildman–Crippen LogP) is 2.18. The van der Waals surface area contributed by atoms with E-state index in [-0.39, 0.29) is 5.56 Å². The van der Waals surface area contributed by atoms with E-state index < -0.39 is 0 Å². The topological polar surface area (TPSA) is 63.6 Å². The van der Waals surface area contributed by atoms with E-state index in [1.807, 2.05) is 31.3 Å². The molecule has 0 bridgehead atoms. The standard InChI is InChI=1S/C21H24N4O/c1-15-7-8-20-23-18(9-21(26)25(20)11-15)13-24-12-17(10-22)19(14-24)16-5-3-2-4-6-16/h2-9,11,17,19H,10,12-14,22H2,1H3/t17-,19+/m1/s1. The summed E-state index contributed by atoms with van der Waals surface area (Å²) in [7, 11) is 0. The van der Waals surface area contributed by atoms with Crippen LogP contribution >= 0.6 is 0 Å². The predicted molar refractivity (Wildman–Crippen MR) is 103 cm³/mol. The molecular formula is C21H24N4O. The Kier molecular flexibility index (Phi) is 4.57. The summed E-state index contributed by atoms with van der Waals surface area (Å²) in [6, 6.07) is 16.1. The minimum atomic E-state index is -0.0251. The van der Waals surface area contributed by atoms with Gasteiger partial charge in [0, 0.05) is 37.8 Å². The molecule has 2 N–H and O–H groups in total. The summed E-state index contributed by atoms with van der Waals surface area (Å²) in [5.74, 6) is 0.868. The Morgan fingerprint density at radius 1 is 1.15 bits per heavy atom. The van der Waals surface area contributed by atoms with Gasteiger partial charge in [0.15, 0.2) is 0 Å². The molecule has 0 spiro atoms. The molecule has 1 fully saturated rings. The molecule has 2 atom stereocenters. The van der Waals surface area contributed by atoms with Crippen molar-refractivity contribution in [2.45, 2.75) is 19.4 Å². The third kappa shape index (κ3) is 3.28. The van der Waals surface area contributed by atoms with Crippen LogP contribution in [0.2, 0.25) is 0 Å². The Morgan fingerprint density at radius 2 is 1.96 bits per heavy atom. The van der Waals surface area contributed by atoms with Crippen LogP contribution in [-0.2, 0) is 6.54 Å². The van der Waals surface area contributed by atoms with Crippen molar-refractivity contribution in [1.29, 1.82) is 0 Å². The number of nitrogens with two attached hydrogens (primary N) is 1. The number of fused-ring (bicyclic) bond motifs is 1. The minimum Gasteiger partial charge on any atom is -0.330 e. The fraction of sp³-hybridized carbons (Fsp3) is 0.333. The highest BCUT2D eigenvalue weighted by Crippen LogP contribution is 2.32. The Morgan fingerprint density at radius 3 is 2.73 bits per heavy atom. The summed E-state index contributed by atoms with van der Waals surface area (Å²) in [4.78, 5) is 19.5. The molecule has 0 amide bonds. The van der Waals surface area contributed by atoms with Crippen LogP contribution in [0.1, 0.15) is 22.7 Å². The van der Waals surface area contributed by atoms with Crippen molar-refractivity contribution < 1.29 is 0 Å². The molecule has 4 rings (SSSR count). The zero-order valence-electron chi connectivity index (χ0n) is 15.0. The quantitative estimate of drug-likeness (QED) is 0.785. The molecule has 5 heteroatoms. The molecule has 0 radical (unpaired) electrons. The molecule has 1 aliphatic heterocycles. The second kappa shape index (κ2) is 7.02. The van der Waals surface area contributed by atoms with Gasteiger partial charge in [-0.25, -0.2) is 4.98 Å². The van der Waals surface area contributed by atoms with E-state index in [9.17, 15) is 4.79 Å². The Balaban J connectivity index is 1.57. The van der Waals surface area contributed by atoms with Crippen molar-refractivity contribution in [2.75, 3.05) is 19.6 Å². The van der Waals surface area contributed by atoms with Gasteiger partial charge in [-0.15, -0.1) is 0 Å². The SMILES string of the molecule is Cc1ccc2nc(CN3C[C@@H](CN)[C@H](c4ccccc4)C3)cc(=O)n2c1.